The number of fused-ring (bicyclic) bond motifs is 2. The van der Waals surface area contributed by atoms with Crippen molar-refractivity contribution in [2.75, 3.05) is 11.2 Å². The third-order valence-corrected chi connectivity index (χ3v) is 6.03. The van der Waals surface area contributed by atoms with Gasteiger partial charge in [0.25, 0.3) is 0 Å². The maximum absolute atomic E-state index is 12.6. The Kier molecular flexibility index (Phi) is 6.82. The van der Waals surface area contributed by atoms with Crippen molar-refractivity contribution in [3.8, 4) is 11.4 Å². The number of nitrogens with zero attached hydrogens (tertiary/aromatic N) is 4. The Morgan fingerprint density at radius 1 is 1.00 bits per heavy atom. The van der Waals surface area contributed by atoms with Gasteiger partial charge in [0.2, 0.25) is 0 Å². The SMILES string of the molecule is CC(C)(C)OC(=O)n1ncc2cc(Nc3nc(-c4cccc(CC(=O)CCl)c4)nc4ccccc34)ccc21. The maximum Gasteiger partial charge on any atom is 0.435 e. The predicted octanol–water partition coefficient (Wildman–Crippen LogP) is 6.52. The van der Waals surface area contributed by atoms with Gasteiger partial charge in [-0.25, -0.2) is 14.8 Å². The first-order valence-electron chi connectivity index (χ1n) is 12.1. The summed E-state index contributed by atoms with van der Waals surface area (Å²) >= 11 is 5.69. The molecular weight excluding hydrogens is 502 g/mol. The Balaban J connectivity index is 1.50. The number of hydrogen-bond acceptors (Lipinski definition) is 7. The zero-order chi connectivity index (χ0) is 26.9. The first kappa shape index (κ1) is 25.4. The molecule has 0 unspecified atom stereocenters. The smallest absolute Gasteiger partial charge is 0.435 e. The summed E-state index contributed by atoms with van der Waals surface area (Å²) < 4.78 is 6.71. The molecule has 2 heterocycles. The molecule has 0 fully saturated rings. The van der Waals surface area contributed by atoms with Gasteiger partial charge in [0, 0.05) is 28.4 Å². The van der Waals surface area contributed by atoms with Crippen molar-refractivity contribution in [2.24, 2.45) is 0 Å². The molecule has 5 aromatic rings. The summed E-state index contributed by atoms with van der Waals surface area (Å²) in [7, 11) is 0. The zero-order valence-corrected chi connectivity index (χ0v) is 22.0. The molecule has 0 atom stereocenters. The minimum absolute atomic E-state index is 0.0220. The summed E-state index contributed by atoms with van der Waals surface area (Å²) in [6, 6.07) is 20.9. The quantitative estimate of drug-likeness (QED) is 0.251. The number of nitrogens with one attached hydrogen (secondary N) is 1. The van der Waals surface area contributed by atoms with Crippen LogP contribution in [0.4, 0.5) is 16.3 Å². The second kappa shape index (κ2) is 10.2. The van der Waals surface area contributed by atoms with Gasteiger partial charge in [-0.1, -0.05) is 30.3 Å². The second-order valence-corrected chi connectivity index (χ2v) is 10.2. The molecule has 0 bridgehead atoms. The number of benzene rings is 3. The average molecular weight is 528 g/mol. The number of aromatic nitrogens is 4. The Bertz CT molecular complexity index is 1670. The van der Waals surface area contributed by atoms with Crippen LogP contribution >= 0.6 is 11.6 Å². The number of halogens is 1. The van der Waals surface area contributed by atoms with Crippen LogP contribution in [-0.2, 0) is 16.0 Å². The second-order valence-electron chi connectivity index (χ2n) is 9.90. The normalized spacial score (nSPS) is 11.6. The fourth-order valence-corrected chi connectivity index (χ4v) is 4.19. The molecule has 0 aliphatic rings. The number of alkyl halides is 1. The van der Waals surface area contributed by atoms with E-state index in [1.54, 1.807) is 6.20 Å². The van der Waals surface area contributed by atoms with E-state index in [1.165, 1.54) is 4.68 Å². The number of carbonyl (C=O) groups is 2. The van der Waals surface area contributed by atoms with Gasteiger partial charge in [-0.3, -0.25) is 4.79 Å². The van der Waals surface area contributed by atoms with E-state index >= 15 is 0 Å². The van der Waals surface area contributed by atoms with Crippen LogP contribution in [0.1, 0.15) is 26.3 Å². The topological polar surface area (TPSA) is 99.0 Å². The highest BCUT2D eigenvalue weighted by Crippen LogP contribution is 2.29. The molecule has 0 aliphatic heterocycles. The van der Waals surface area contributed by atoms with Gasteiger partial charge >= 0.3 is 6.09 Å². The summed E-state index contributed by atoms with van der Waals surface area (Å²) in [6.45, 7) is 5.44. The number of Topliss-reactive ketones (excluding diaryl/α,β-unsaturated/α-hetero) is 1. The van der Waals surface area contributed by atoms with E-state index < -0.39 is 11.7 Å². The minimum Gasteiger partial charge on any atom is -0.442 e. The van der Waals surface area contributed by atoms with Crippen LogP contribution in [0.15, 0.2) is 72.9 Å². The molecule has 8 nitrogen and oxygen atoms in total. The summed E-state index contributed by atoms with van der Waals surface area (Å²) in [5, 5.41) is 9.26. The van der Waals surface area contributed by atoms with Gasteiger partial charge in [-0.15, -0.1) is 11.6 Å². The van der Waals surface area contributed by atoms with E-state index in [2.05, 4.69) is 10.4 Å². The Morgan fingerprint density at radius 2 is 1.82 bits per heavy atom. The highest BCUT2D eigenvalue weighted by Gasteiger charge is 2.20. The van der Waals surface area contributed by atoms with Crippen LogP contribution in [0.25, 0.3) is 33.2 Å². The third-order valence-electron chi connectivity index (χ3n) is 5.74. The Hall–Kier alpha value is -4.30. The first-order valence-corrected chi connectivity index (χ1v) is 12.7. The van der Waals surface area contributed by atoms with E-state index in [0.29, 0.717) is 17.2 Å². The summed E-state index contributed by atoms with van der Waals surface area (Å²) in [6.07, 6.45) is 1.35. The Morgan fingerprint density at radius 3 is 2.61 bits per heavy atom. The third kappa shape index (κ3) is 5.50. The lowest BCUT2D eigenvalue weighted by molar-refractivity contribution is -0.116. The summed E-state index contributed by atoms with van der Waals surface area (Å²) in [5.74, 6) is 1.10. The molecule has 0 saturated heterocycles. The van der Waals surface area contributed by atoms with Gasteiger partial charge < -0.3 is 10.1 Å². The molecular formula is C29H26ClN5O3. The highest BCUT2D eigenvalue weighted by molar-refractivity contribution is 6.27. The minimum atomic E-state index is -0.623. The molecule has 38 heavy (non-hydrogen) atoms. The van der Waals surface area contributed by atoms with Gasteiger partial charge in [0.1, 0.15) is 11.4 Å². The van der Waals surface area contributed by atoms with E-state index in [0.717, 1.165) is 33.1 Å². The standard InChI is InChI=1S/C29H26ClN5O3/c1-29(2,3)38-28(37)35-25-12-11-21(15-20(25)17-31-35)32-27-23-9-4-5-10-24(23)33-26(34-27)19-8-6-7-18(13-19)14-22(36)16-30/h4-13,15,17H,14,16H2,1-3H3,(H,32,33,34). The molecule has 0 radical (unpaired) electrons. The van der Waals surface area contributed by atoms with Crippen molar-refractivity contribution in [2.45, 2.75) is 32.8 Å². The molecule has 192 valence electrons. The zero-order valence-electron chi connectivity index (χ0n) is 21.2. The maximum atomic E-state index is 12.6. The van der Waals surface area contributed by atoms with Crippen LogP contribution < -0.4 is 5.32 Å². The molecule has 3 aromatic carbocycles. The molecule has 5 rings (SSSR count). The molecule has 1 N–H and O–H groups in total. The largest absolute Gasteiger partial charge is 0.442 e. The van der Waals surface area contributed by atoms with Crippen LogP contribution in [0.5, 0.6) is 0 Å². The number of rotatable bonds is 6. The molecule has 0 saturated carbocycles. The fourth-order valence-electron chi connectivity index (χ4n) is 4.09. The lowest BCUT2D eigenvalue weighted by Crippen LogP contribution is -2.27. The van der Waals surface area contributed by atoms with Crippen molar-refractivity contribution in [3.63, 3.8) is 0 Å². The van der Waals surface area contributed by atoms with Crippen molar-refractivity contribution < 1.29 is 14.3 Å². The monoisotopic (exact) mass is 527 g/mol. The number of para-hydroxylation sites is 1. The van der Waals surface area contributed by atoms with Gasteiger partial charge in [-0.05, 0) is 62.7 Å². The number of ketones is 1. The van der Waals surface area contributed by atoms with Crippen molar-refractivity contribution in [3.05, 3.63) is 78.5 Å². The molecule has 0 spiro atoms. The summed E-state index contributed by atoms with van der Waals surface area (Å²) in [4.78, 5) is 34.0. The number of anilines is 2. The molecule has 9 heteroatoms. The summed E-state index contributed by atoms with van der Waals surface area (Å²) in [5.41, 5.74) is 3.22. The van der Waals surface area contributed by atoms with E-state index in [9.17, 15) is 9.59 Å². The average Bonchev–Trinajstić information content (AvgIpc) is 3.31. The fraction of sp³-hybridized carbons (Fsp3) is 0.207. The lowest BCUT2D eigenvalue weighted by Gasteiger charge is -2.19. The van der Waals surface area contributed by atoms with Gasteiger partial charge in [0.05, 0.1) is 23.1 Å². The van der Waals surface area contributed by atoms with Crippen molar-refractivity contribution in [1.29, 1.82) is 0 Å². The first-order chi connectivity index (χ1) is 18.2. The van der Waals surface area contributed by atoms with E-state index in [-0.39, 0.29) is 18.1 Å². The van der Waals surface area contributed by atoms with Crippen LogP contribution in [0.3, 0.4) is 0 Å². The molecule has 0 aliphatic carbocycles. The van der Waals surface area contributed by atoms with Gasteiger partial charge in [-0.2, -0.15) is 9.78 Å². The Labute approximate surface area is 224 Å². The highest BCUT2D eigenvalue weighted by atomic mass is 35.5. The number of hydrogen-bond donors (Lipinski definition) is 1. The predicted molar refractivity (Wildman–Crippen MR) is 149 cm³/mol. The van der Waals surface area contributed by atoms with Gasteiger partial charge in [0.15, 0.2) is 11.6 Å². The van der Waals surface area contributed by atoms with Crippen LogP contribution in [0.2, 0.25) is 0 Å². The van der Waals surface area contributed by atoms with Crippen LogP contribution in [-0.4, -0.2) is 43.1 Å². The number of carbonyl (C=O) groups excluding carboxylic acids is 2. The molecule has 0 amide bonds. The van der Waals surface area contributed by atoms with E-state index in [1.807, 2.05) is 87.5 Å². The van der Waals surface area contributed by atoms with Crippen molar-refractivity contribution in [1.82, 2.24) is 19.7 Å². The van der Waals surface area contributed by atoms with Crippen LogP contribution in [0, 0.1) is 0 Å². The van der Waals surface area contributed by atoms with E-state index in [4.69, 9.17) is 26.3 Å². The number of ether oxygens (including phenoxy) is 1. The van der Waals surface area contributed by atoms with Crippen molar-refractivity contribution >= 4 is 56.8 Å². The lowest BCUT2D eigenvalue weighted by atomic mass is 10.1. The molecule has 2 aromatic heterocycles.